The Bertz CT molecular complexity index is 592. The Kier molecular flexibility index (Phi) is 5.54. The first-order chi connectivity index (χ1) is 11.1. The minimum Gasteiger partial charge on any atom is -0.494 e. The number of hydrogen-bond donors (Lipinski definition) is 0. The topological polar surface area (TPSA) is 46.6 Å². The molecule has 2 saturated heterocycles. The van der Waals surface area contributed by atoms with Gasteiger partial charge >= 0.3 is 0 Å². The van der Waals surface area contributed by atoms with Gasteiger partial charge in [0.1, 0.15) is 5.75 Å². The van der Waals surface area contributed by atoms with Crippen molar-refractivity contribution in [3.05, 3.63) is 30.3 Å². The molecule has 4 nitrogen and oxygen atoms in total. The summed E-state index contributed by atoms with van der Waals surface area (Å²) in [5.41, 5.74) is 0. The van der Waals surface area contributed by atoms with Crippen LogP contribution in [0.15, 0.2) is 30.3 Å². The summed E-state index contributed by atoms with van der Waals surface area (Å²) in [6, 6.07) is 10.0. The molecular weight excluding hydrogens is 330 g/mol. The average Bonchev–Trinajstić information content (AvgIpc) is 2.85. The monoisotopic (exact) mass is 355 g/mol. The molecule has 0 N–H and O–H groups in total. The van der Waals surface area contributed by atoms with Crippen LogP contribution in [0.2, 0.25) is 0 Å². The highest BCUT2D eigenvalue weighted by molar-refractivity contribution is 7.99. The summed E-state index contributed by atoms with van der Waals surface area (Å²) >= 11 is 1.88. The van der Waals surface area contributed by atoms with E-state index in [2.05, 4.69) is 6.26 Å². The minimum absolute atomic E-state index is 0.191. The Morgan fingerprint density at radius 3 is 2.43 bits per heavy atom. The highest BCUT2D eigenvalue weighted by Gasteiger charge is 2.46. The third-order valence-electron chi connectivity index (χ3n) is 4.84. The van der Waals surface area contributed by atoms with E-state index in [0.717, 1.165) is 31.4 Å². The van der Waals surface area contributed by atoms with Gasteiger partial charge in [-0.05, 0) is 50.5 Å². The first-order valence-electron chi connectivity index (χ1n) is 8.32. The lowest BCUT2D eigenvalue weighted by Gasteiger charge is -2.37. The van der Waals surface area contributed by atoms with Crippen LogP contribution >= 0.6 is 11.8 Å². The summed E-state index contributed by atoms with van der Waals surface area (Å²) in [6.07, 6.45) is 6.76. The van der Waals surface area contributed by atoms with Gasteiger partial charge in [-0.1, -0.05) is 18.2 Å². The van der Waals surface area contributed by atoms with Crippen LogP contribution in [0.5, 0.6) is 5.75 Å². The maximum absolute atomic E-state index is 12.7. The molecule has 2 heterocycles. The Hall–Kier alpha value is -0.720. The van der Waals surface area contributed by atoms with Crippen molar-refractivity contribution in [2.24, 2.45) is 0 Å². The molecule has 2 fully saturated rings. The summed E-state index contributed by atoms with van der Waals surface area (Å²) in [5, 5.41) is 0.625. The number of nitrogens with zero attached hydrogens (tertiary/aromatic N) is 1. The normalized spacial score (nSPS) is 28.0. The van der Waals surface area contributed by atoms with E-state index in [1.54, 1.807) is 0 Å². The van der Waals surface area contributed by atoms with Crippen molar-refractivity contribution in [3.8, 4) is 5.75 Å². The number of rotatable bonds is 7. The smallest absolute Gasteiger partial charge is 0.214 e. The average molecular weight is 356 g/mol. The second-order valence-electron chi connectivity index (χ2n) is 6.38. The van der Waals surface area contributed by atoms with Crippen molar-refractivity contribution in [1.29, 1.82) is 0 Å². The SMILES string of the molecule is CSC1CC2CCC(C1)N2S(=O)(=O)CCCOc1ccccc1. The molecule has 1 aromatic rings. The van der Waals surface area contributed by atoms with E-state index >= 15 is 0 Å². The van der Waals surface area contributed by atoms with E-state index in [0.29, 0.717) is 18.3 Å². The molecule has 2 aliphatic heterocycles. The number of benzene rings is 1. The predicted molar refractivity (Wildman–Crippen MR) is 95.5 cm³/mol. The molecule has 2 aliphatic rings. The molecule has 0 radical (unpaired) electrons. The van der Waals surface area contributed by atoms with Gasteiger partial charge in [0, 0.05) is 17.3 Å². The van der Waals surface area contributed by atoms with E-state index < -0.39 is 10.0 Å². The van der Waals surface area contributed by atoms with Gasteiger partial charge in [-0.25, -0.2) is 8.42 Å². The van der Waals surface area contributed by atoms with Crippen molar-refractivity contribution in [2.45, 2.75) is 49.4 Å². The number of fused-ring (bicyclic) bond motifs is 2. The summed E-state index contributed by atoms with van der Waals surface area (Å²) in [6.45, 7) is 0.444. The van der Waals surface area contributed by atoms with Crippen LogP contribution in [-0.2, 0) is 10.0 Å². The van der Waals surface area contributed by atoms with Crippen LogP contribution < -0.4 is 4.74 Å². The van der Waals surface area contributed by atoms with Crippen LogP contribution in [0.25, 0.3) is 0 Å². The molecule has 0 aliphatic carbocycles. The van der Waals surface area contributed by atoms with E-state index in [1.165, 1.54) is 0 Å². The predicted octanol–water partition coefficient (Wildman–Crippen LogP) is 3.14. The maximum Gasteiger partial charge on any atom is 0.214 e. The number of ether oxygens (including phenoxy) is 1. The summed E-state index contributed by atoms with van der Waals surface area (Å²) in [5.74, 6) is 0.988. The molecule has 2 bridgehead atoms. The van der Waals surface area contributed by atoms with Gasteiger partial charge < -0.3 is 4.74 Å². The molecule has 128 valence electrons. The van der Waals surface area contributed by atoms with Gasteiger partial charge in [-0.15, -0.1) is 0 Å². The van der Waals surface area contributed by atoms with Gasteiger partial charge in [0.25, 0.3) is 0 Å². The molecule has 0 spiro atoms. The summed E-state index contributed by atoms with van der Waals surface area (Å²) < 4.78 is 32.9. The molecule has 0 amide bonds. The maximum atomic E-state index is 12.7. The number of piperidine rings is 1. The third kappa shape index (κ3) is 4.03. The molecule has 3 rings (SSSR count). The minimum atomic E-state index is -3.16. The molecule has 2 unspecified atom stereocenters. The highest BCUT2D eigenvalue weighted by atomic mass is 32.2. The lowest BCUT2D eigenvalue weighted by atomic mass is 10.1. The zero-order chi connectivity index (χ0) is 16.3. The molecule has 6 heteroatoms. The van der Waals surface area contributed by atoms with Crippen LogP contribution in [0.3, 0.4) is 0 Å². The molecule has 23 heavy (non-hydrogen) atoms. The molecule has 2 atom stereocenters. The fourth-order valence-corrected chi connectivity index (χ4v) is 6.60. The Balaban J connectivity index is 1.51. The van der Waals surface area contributed by atoms with E-state index in [-0.39, 0.29) is 17.8 Å². The lowest BCUT2D eigenvalue weighted by Crippen LogP contribution is -2.48. The number of hydrogen-bond acceptors (Lipinski definition) is 4. The molecule has 1 aromatic carbocycles. The zero-order valence-electron chi connectivity index (χ0n) is 13.6. The number of sulfonamides is 1. The van der Waals surface area contributed by atoms with Crippen LogP contribution in [0.1, 0.15) is 32.1 Å². The van der Waals surface area contributed by atoms with Crippen LogP contribution in [0, 0.1) is 0 Å². The van der Waals surface area contributed by atoms with E-state index in [4.69, 9.17) is 4.74 Å². The van der Waals surface area contributed by atoms with Crippen LogP contribution in [-0.4, -0.2) is 48.7 Å². The van der Waals surface area contributed by atoms with Gasteiger partial charge in [-0.3, -0.25) is 0 Å². The van der Waals surface area contributed by atoms with E-state index in [1.807, 2.05) is 46.4 Å². The van der Waals surface area contributed by atoms with Crippen molar-refractivity contribution in [2.75, 3.05) is 18.6 Å². The van der Waals surface area contributed by atoms with Gasteiger partial charge in [0.2, 0.25) is 10.0 Å². The summed E-state index contributed by atoms with van der Waals surface area (Å²) in [4.78, 5) is 0. The molecule has 0 aromatic heterocycles. The first-order valence-corrected chi connectivity index (χ1v) is 11.2. The van der Waals surface area contributed by atoms with Crippen molar-refractivity contribution in [3.63, 3.8) is 0 Å². The first kappa shape index (κ1) is 17.1. The molecule has 0 saturated carbocycles. The zero-order valence-corrected chi connectivity index (χ0v) is 15.2. The van der Waals surface area contributed by atoms with E-state index in [9.17, 15) is 8.42 Å². The molecular formula is C17H25NO3S2. The van der Waals surface area contributed by atoms with Crippen molar-refractivity contribution < 1.29 is 13.2 Å². The van der Waals surface area contributed by atoms with Crippen molar-refractivity contribution in [1.82, 2.24) is 4.31 Å². The van der Waals surface area contributed by atoms with Gasteiger partial charge in [0.15, 0.2) is 0 Å². The van der Waals surface area contributed by atoms with Crippen LogP contribution in [0.4, 0.5) is 0 Å². The second kappa shape index (κ2) is 7.45. The largest absolute Gasteiger partial charge is 0.494 e. The standard InChI is InChI=1S/C17H25NO3S2/c1-22-17-12-14-8-9-15(13-17)18(14)23(19,20)11-5-10-21-16-6-3-2-4-7-16/h2-4,6-7,14-15,17H,5,8-13H2,1H3. The number of para-hydroxylation sites is 1. The third-order valence-corrected chi connectivity index (χ3v) is 7.93. The fraction of sp³-hybridized carbons (Fsp3) is 0.647. The Labute approximate surface area is 143 Å². The number of thioether (sulfide) groups is 1. The quantitative estimate of drug-likeness (QED) is 0.705. The fourth-order valence-electron chi connectivity index (χ4n) is 3.78. The van der Waals surface area contributed by atoms with Crippen molar-refractivity contribution >= 4 is 21.8 Å². The highest BCUT2D eigenvalue weighted by Crippen LogP contribution is 2.41. The Morgan fingerprint density at radius 1 is 1.17 bits per heavy atom. The Morgan fingerprint density at radius 2 is 1.83 bits per heavy atom. The lowest BCUT2D eigenvalue weighted by molar-refractivity contribution is 0.251. The van der Waals surface area contributed by atoms with Gasteiger partial charge in [0.05, 0.1) is 12.4 Å². The van der Waals surface area contributed by atoms with Gasteiger partial charge in [-0.2, -0.15) is 16.1 Å². The second-order valence-corrected chi connectivity index (χ2v) is 9.51. The summed E-state index contributed by atoms with van der Waals surface area (Å²) in [7, 11) is -3.16.